The summed E-state index contributed by atoms with van der Waals surface area (Å²) in [4.78, 5) is 26.2. The van der Waals surface area contributed by atoms with Crippen LogP contribution in [0.15, 0.2) is 23.6 Å². The van der Waals surface area contributed by atoms with Crippen LogP contribution < -0.4 is 5.32 Å². The van der Waals surface area contributed by atoms with E-state index in [-0.39, 0.29) is 12.3 Å². The molecule has 2 heterocycles. The molecule has 2 N–H and O–H groups in total. The summed E-state index contributed by atoms with van der Waals surface area (Å²) in [5.74, 6) is -1.09. The molecule has 0 bridgehead atoms. The number of aryl methyl sites for hydroxylation is 2. The molecule has 1 aliphatic carbocycles. The fourth-order valence-corrected chi connectivity index (χ4v) is 4.49. The van der Waals surface area contributed by atoms with E-state index in [1.165, 1.54) is 39.5 Å². The molecule has 0 fully saturated rings. The van der Waals surface area contributed by atoms with E-state index in [2.05, 4.69) is 5.32 Å². The lowest BCUT2D eigenvalue weighted by molar-refractivity contribution is -0.137. The van der Waals surface area contributed by atoms with Gasteiger partial charge in [0.1, 0.15) is 0 Å². The van der Waals surface area contributed by atoms with Gasteiger partial charge in [-0.3, -0.25) is 9.59 Å². The Morgan fingerprint density at radius 1 is 1.38 bits per heavy atom. The van der Waals surface area contributed by atoms with Crippen LogP contribution in [0.1, 0.15) is 43.9 Å². The van der Waals surface area contributed by atoms with Gasteiger partial charge >= 0.3 is 5.97 Å². The van der Waals surface area contributed by atoms with Crippen LogP contribution >= 0.6 is 22.7 Å². The minimum atomic E-state index is -0.914. The van der Waals surface area contributed by atoms with Gasteiger partial charge in [-0.15, -0.1) is 22.7 Å². The van der Waals surface area contributed by atoms with Crippen LogP contribution in [0.3, 0.4) is 0 Å². The molecule has 3 rings (SSSR count). The van der Waals surface area contributed by atoms with Crippen molar-refractivity contribution in [2.24, 2.45) is 0 Å². The van der Waals surface area contributed by atoms with Gasteiger partial charge in [0.2, 0.25) is 0 Å². The number of aliphatic carboxylic acids is 1. The summed E-state index contributed by atoms with van der Waals surface area (Å²) in [5.41, 5.74) is 1.27. The number of nitrogens with one attached hydrogen (secondary N) is 1. The van der Waals surface area contributed by atoms with Crippen molar-refractivity contribution in [3.63, 3.8) is 0 Å². The van der Waals surface area contributed by atoms with Crippen LogP contribution in [-0.2, 0) is 17.6 Å². The summed E-state index contributed by atoms with van der Waals surface area (Å²) < 4.78 is 0. The number of thiophene rings is 2. The van der Waals surface area contributed by atoms with E-state index in [0.29, 0.717) is 4.88 Å². The molecular formula is C15H15NO3S2. The highest BCUT2D eigenvalue weighted by molar-refractivity contribution is 7.14. The number of carboxylic acid groups (broad SMARTS) is 1. The molecule has 1 atom stereocenters. The lowest BCUT2D eigenvalue weighted by Gasteiger charge is -2.14. The molecule has 1 unspecified atom stereocenters. The molecule has 2 aromatic heterocycles. The first-order chi connectivity index (χ1) is 10.1. The molecule has 21 heavy (non-hydrogen) atoms. The van der Waals surface area contributed by atoms with Crippen molar-refractivity contribution in [2.45, 2.75) is 31.7 Å². The highest BCUT2D eigenvalue weighted by Crippen LogP contribution is 2.31. The quantitative estimate of drug-likeness (QED) is 0.888. The lowest BCUT2D eigenvalue weighted by Crippen LogP contribution is -2.29. The highest BCUT2D eigenvalue weighted by atomic mass is 32.1. The SMILES string of the molecule is O=C(O)CC(NC(=O)c1cc2c(s1)CCC2)c1cccs1. The summed E-state index contributed by atoms with van der Waals surface area (Å²) in [6.07, 6.45) is 3.16. The summed E-state index contributed by atoms with van der Waals surface area (Å²) in [6, 6.07) is 5.20. The Morgan fingerprint density at radius 2 is 2.24 bits per heavy atom. The Balaban J connectivity index is 1.75. The number of rotatable bonds is 5. The van der Waals surface area contributed by atoms with Gasteiger partial charge in [0, 0.05) is 9.75 Å². The second kappa shape index (κ2) is 5.99. The summed E-state index contributed by atoms with van der Waals surface area (Å²) in [7, 11) is 0. The van der Waals surface area contributed by atoms with E-state index in [0.717, 1.165) is 17.7 Å². The Morgan fingerprint density at radius 3 is 2.90 bits per heavy atom. The first kappa shape index (κ1) is 14.3. The molecule has 0 aliphatic heterocycles. The van der Waals surface area contributed by atoms with E-state index >= 15 is 0 Å². The van der Waals surface area contributed by atoms with Gasteiger partial charge in [-0.2, -0.15) is 0 Å². The van der Waals surface area contributed by atoms with Crippen molar-refractivity contribution in [1.29, 1.82) is 0 Å². The highest BCUT2D eigenvalue weighted by Gasteiger charge is 2.23. The standard InChI is InChI=1S/C15H15NO3S2/c17-14(18)8-10(12-5-2-6-20-12)16-15(19)13-7-9-3-1-4-11(9)21-13/h2,5-7,10H,1,3-4,8H2,(H,16,19)(H,17,18). The van der Waals surface area contributed by atoms with E-state index in [9.17, 15) is 9.59 Å². The molecule has 6 heteroatoms. The average molecular weight is 321 g/mol. The largest absolute Gasteiger partial charge is 0.481 e. The molecule has 110 valence electrons. The molecule has 0 radical (unpaired) electrons. The topological polar surface area (TPSA) is 66.4 Å². The monoisotopic (exact) mass is 321 g/mol. The van der Waals surface area contributed by atoms with Crippen LogP contribution in [-0.4, -0.2) is 17.0 Å². The Labute approximate surface area is 130 Å². The van der Waals surface area contributed by atoms with E-state index in [1.54, 1.807) is 0 Å². The molecule has 2 aromatic rings. The lowest BCUT2D eigenvalue weighted by atomic mass is 10.1. The van der Waals surface area contributed by atoms with Crippen LogP contribution in [0.2, 0.25) is 0 Å². The van der Waals surface area contributed by atoms with E-state index < -0.39 is 12.0 Å². The number of amides is 1. The smallest absolute Gasteiger partial charge is 0.305 e. The third-order valence-electron chi connectivity index (χ3n) is 3.54. The Kier molecular flexibility index (Phi) is 4.07. The minimum absolute atomic E-state index is 0.0999. The number of fused-ring (bicyclic) bond motifs is 1. The molecular weight excluding hydrogens is 306 g/mol. The summed E-state index contributed by atoms with van der Waals surface area (Å²) >= 11 is 2.99. The van der Waals surface area contributed by atoms with Crippen molar-refractivity contribution < 1.29 is 14.7 Å². The molecule has 0 saturated carbocycles. The van der Waals surface area contributed by atoms with Gasteiger partial charge in [0.15, 0.2) is 0 Å². The fraction of sp³-hybridized carbons (Fsp3) is 0.333. The average Bonchev–Trinajstić information content (AvgIpc) is 3.13. The predicted molar refractivity (Wildman–Crippen MR) is 83.1 cm³/mol. The van der Waals surface area contributed by atoms with Crippen molar-refractivity contribution in [2.75, 3.05) is 0 Å². The first-order valence-corrected chi connectivity index (χ1v) is 8.51. The molecule has 0 saturated heterocycles. The summed E-state index contributed by atoms with van der Waals surface area (Å²) in [6.45, 7) is 0. The molecule has 0 spiro atoms. The van der Waals surface area contributed by atoms with E-state index in [1.807, 2.05) is 23.6 Å². The number of carboxylic acids is 1. The summed E-state index contributed by atoms with van der Waals surface area (Å²) in [5, 5.41) is 13.8. The van der Waals surface area contributed by atoms with Crippen LogP contribution in [0, 0.1) is 0 Å². The zero-order valence-electron chi connectivity index (χ0n) is 11.3. The normalized spacial score (nSPS) is 14.7. The number of carbonyl (C=O) groups excluding carboxylic acids is 1. The fourth-order valence-electron chi connectivity index (χ4n) is 2.56. The van der Waals surface area contributed by atoms with Crippen molar-refractivity contribution >= 4 is 34.6 Å². The van der Waals surface area contributed by atoms with Gasteiger partial charge in [-0.1, -0.05) is 6.07 Å². The Bertz CT molecular complexity index is 639. The van der Waals surface area contributed by atoms with E-state index in [4.69, 9.17) is 5.11 Å². The first-order valence-electron chi connectivity index (χ1n) is 6.81. The molecule has 4 nitrogen and oxygen atoms in total. The zero-order valence-corrected chi connectivity index (χ0v) is 12.9. The van der Waals surface area contributed by atoms with Crippen LogP contribution in [0.5, 0.6) is 0 Å². The Hall–Kier alpha value is -1.66. The van der Waals surface area contributed by atoms with Gasteiger partial charge in [-0.25, -0.2) is 0 Å². The maximum absolute atomic E-state index is 12.3. The van der Waals surface area contributed by atoms with Crippen molar-refractivity contribution in [3.05, 3.63) is 43.8 Å². The van der Waals surface area contributed by atoms with Gasteiger partial charge in [-0.05, 0) is 42.3 Å². The molecule has 0 aromatic carbocycles. The van der Waals surface area contributed by atoms with Crippen LogP contribution in [0.25, 0.3) is 0 Å². The minimum Gasteiger partial charge on any atom is -0.481 e. The third kappa shape index (κ3) is 3.16. The maximum atomic E-state index is 12.3. The van der Waals surface area contributed by atoms with Crippen LogP contribution in [0.4, 0.5) is 0 Å². The van der Waals surface area contributed by atoms with Crippen molar-refractivity contribution in [1.82, 2.24) is 5.32 Å². The van der Waals surface area contributed by atoms with Gasteiger partial charge in [0.05, 0.1) is 17.3 Å². The number of carbonyl (C=O) groups is 2. The van der Waals surface area contributed by atoms with Gasteiger partial charge < -0.3 is 10.4 Å². The maximum Gasteiger partial charge on any atom is 0.305 e. The van der Waals surface area contributed by atoms with Gasteiger partial charge in [0.25, 0.3) is 5.91 Å². The number of hydrogen-bond donors (Lipinski definition) is 2. The number of hydrogen-bond acceptors (Lipinski definition) is 4. The molecule has 1 amide bonds. The zero-order chi connectivity index (χ0) is 14.8. The second-order valence-corrected chi connectivity index (χ2v) is 7.17. The predicted octanol–water partition coefficient (Wildman–Crippen LogP) is 3.24. The van der Waals surface area contributed by atoms with Crippen molar-refractivity contribution in [3.8, 4) is 0 Å². The second-order valence-electron chi connectivity index (χ2n) is 5.05. The third-order valence-corrected chi connectivity index (χ3v) is 5.76. The molecule has 1 aliphatic rings.